The fourth-order valence-corrected chi connectivity index (χ4v) is 3.24. The highest BCUT2D eigenvalue weighted by Gasteiger charge is 2.36. The first kappa shape index (κ1) is 13.3. The molecule has 7 heteroatoms. The van der Waals surface area contributed by atoms with Gasteiger partial charge < -0.3 is 5.11 Å². The van der Waals surface area contributed by atoms with Crippen molar-refractivity contribution in [3.8, 4) is 0 Å². The minimum Gasteiger partial charge on any atom is -0.396 e. The summed E-state index contributed by atoms with van der Waals surface area (Å²) < 4.78 is 0. The zero-order chi connectivity index (χ0) is 13.0. The Morgan fingerprint density at radius 2 is 2.50 bits per heavy atom. The molecule has 96 valence electrons. The van der Waals surface area contributed by atoms with Gasteiger partial charge in [0.25, 0.3) is 0 Å². The maximum Gasteiger partial charge on any atom is 0.242 e. The van der Waals surface area contributed by atoms with E-state index < -0.39 is 0 Å². The third-order valence-electron chi connectivity index (χ3n) is 2.33. The Hall–Kier alpha value is -1.18. The Labute approximate surface area is 113 Å². The molecule has 0 aliphatic carbocycles. The Balaban J connectivity index is 2.22. The molecule has 1 amide bonds. The molecule has 0 radical (unpaired) electrons. The number of carbonyl (C=O) groups is 1. The van der Waals surface area contributed by atoms with Crippen molar-refractivity contribution < 1.29 is 9.90 Å². The van der Waals surface area contributed by atoms with Gasteiger partial charge in [0.1, 0.15) is 0 Å². The van der Waals surface area contributed by atoms with E-state index in [-0.39, 0.29) is 17.8 Å². The summed E-state index contributed by atoms with van der Waals surface area (Å²) in [4.78, 5) is 22.1. The molecule has 18 heavy (non-hydrogen) atoms. The molecule has 1 aliphatic rings. The number of aliphatic imine (C=N–C) groups is 1. The van der Waals surface area contributed by atoms with Crippen molar-refractivity contribution in [1.29, 1.82) is 0 Å². The van der Waals surface area contributed by atoms with Crippen LogP contribution in [0.1, 0.15) is 6.42 Å². The summed E-state index contributed by atoms with van der Waals surface area (Å²) in [6.45, 7) is 4.07. The smallest absolute Gasteiger partial charge is 0.242 e. The molecule has 1 fully saturated rings. The molecule has 1 N–H and O–H groups in total. The number of thioether (sulfide) groups is 1. The van der Waals surface area contributed by atoms with E-state index in [2.05, 4.69) is 16.6 Å². The van der Waals surface area contributed by atoms with Gasteiger partial charge in [-0.05, 0) is 6.42 Å². The van der Waals surface area contributed by atoms with Crippen molar-refractivity contribution in [1.82, 2.24) is 9.88 Å². The van der Waals surface area contributed by atoms with Crippen LogP contribution in [0.4, 0.5) is 5.13 Å². The lowest BCUT2D eigenvalue weighted by atomic mass is 10.3. The van der Waals surface area contributed by atoms with Gasteiger partial charge in [-0.2, -0.15) is 4.99 Å². The highest BCUT2D eigenvalue weighted by atomic mass is 32.2. The van der Waals surface area contributed by atoms with Crippen LogP contribution in [0.5, 0.6) is 0 Å². The van der Waals surface area contributed by atoms with Crippen LogP contribution in [-0.4, -0.2) is 44.5 Å². The van der Waals surface area contributed by atoms with Gasteiger partial charge >= 0.3 is 0 Å². The first-order valence-electron chi connectivity index (χ1n) is 5.44. The van der Waals surface area contributed by atoms with Crippen molar-refractivity contribution in [2.75, 3.05) is 13.2 Å². The maximum atomic E-state index is 12.1. The molecule has 1 aromatic rings. The van der Waals surface area contributed by atoms with Crippen LogP contribution < -0.4 is 0 Å². The summed E-state index contributed by atoms with van der Waals surface area (Å²) in [5.74, 6) is -0.0238. The van der Waals surface area contributed by atoms with Gasteiger partial charge in [-0.3, -0.25) is 9.69 Å². The van der Waals surface area contributed by atoms with E-state index in [4.69, 9.17) is 5.11 Å². The SMILES string of the molecule is C=CCN1C(=O)[C@H](CCO)SC1=Nc1nccs1. The maximum absolute atomic E-state index is 12.1. The average Bonchev–Trinajstić information content (AvgIpc) is 2.95. The summed E-state index contributed by atoms with van der Waals surface area (Å²) in [6.07, 6.45) is 3.78. The van der Waals surface area contributed by atoms with Gasteiger partial charge in [0.2, 0.25) is 11.0 Å². The molecule has 0 spiro atoms. The number of aliphatic hydroxyl groups excluding tert-OH is 1. The van der Waals surface area contributed by atoms with Crippen molar-refractivity contribution in [3.63, 3.8) is 0 Å². The number of hydrogen-bond donors (Lipinski definition) is 1. The number of carbonyl (C=O) groups excluding carboxylic acids is 1. The number of nitrogens with zero attached hydrogens (tertiary/aromatic N) is 3. The normalized spacial score (nSPS) is 21.8. The summed E-state index contributed by atoms with van der Waals surface area (Å²) in [6, 6.07) is 0. The first-order valence-corrected chi connectivity index (χ1v) is 7.20. The second-order valence-electron chi connectivity index (χ2n) is 3.57. The van der Waals surface area contributed by atoms with Crippen LogP contribution in [0.2, 0.25) is 0 Å². The summed E-state index contributed by atoms with van der Waals surface area (Å²) in [5.41, 5.74) is 0. The molecular formula is C11H13N3O2S2. The van der Waals surface area contributed by atoms with Crippen LogP contribution in [0.15, 0.2) is 29.2 Å². The van der Waals surface area contributed by atoms with E-state index in [0.29, 0.717) is 23.3 Å². The zero-order valence-electron chi connectivity index (χ0n) is 9.65. The molecule has 0 saturated carbocycles. The molecule has 5 nitrogen and oxygen atoms in total. The lowest BCUT2D eigenvalue weighted by Crippen LogP contribution is -2.32. The van der Waals surface area contributed by atoms with Gasteiger partial charge in [-0.15, -0.1) is 17.9 Å². The molecule has 2 rings (SSSR count). The highest BCUT2D eigenvalue weighted by Crippen LogP contribution is 2.31. The Bertz CT molecular complexity index is 459. The molecule has 1 saturated heterocycles. The predicted molar refractivity (Wildman–Crippen MR) is 74.2 cm³/mol. The molecule has 2 heterocycles. The third kappa shape index (κ3) is 2.80. The number of hydrogen-bond acceptors (Lipinski definition) is 6. The first-order chi connectivity index (χ1) is 8.76. The number of amidine groups is 1. The van der Waals surface area contributed by atoms with Crippen LogP contribution in [0, 0.1) is 0 Å². The third-order valence-corrected chi connectivity index (χ3v) is 4.24. The Kier molecular flexibility index (Phi) is 4.51. The van der Waals surface area contributed by atoms with Crippen LogP contribution in [-0.2, 0) is 4.79 Å². The number of rotatable bonds is 5. The average molecular weight is 283 g/mol. The molecule has 0 unspecified atom stereocenters. The number of aromatic nitrogens is 1. The number of thiazole rings is 1. The van der Waals surface area contributed by atoms with Crippen molar-refractivity contribution in [2.45, 2.75) is 11.7 Å². The topological polar surface area (TPSA) is 65.8 Å². The summed E-state index contributed by atoms with van der Waals surface area (Å²) in [7, 11) is 0. The van der Waals surface area contributed by atoms with Crippen molar-refractivity contribution in [2.24, 2.45) is 4.99 Å². The van der Waals surface area contributed by atoms with Gasteiger partial charge in [0.05, 0.1) is 5.25 Å². The Morgan fingerprint density at radius 1 is 1.67 bits per heavy atom. The molecular weight excluding hydrogens is 270 g/mol. The summed E-state index contributed by atoms with van der Waals surface area (Å²) in [5, 5.41) is 11.8. The van der Waals surface area contributed by atoms with Crippen LogP contribution >= 0.6 is 23.1 Å². The second-order valence-corrected chi connectivity index (χ2v) is 5.61. The molecule has 0 aromatic carbocycles. The second kappa shape index (κ2) is 6.12. The fourth-order valence-electron chi connectivity index (χ4n) is 1.55. The quantitative estimate of drug-likeness (QED) is 0.834. The largest absolute Gasteiger partial charge is 0.396 e. The van der Waals surface area contributed by atoms with Gasteiger partial charge in [-0.1, -0.05) is 17.8 Å². The molecule has 1 atom stereocenters. The zero-order valence-corrected chi connectivity index (χ0v) is 11.3. The molecule has 1 aromatic heterocycles. The van der Waals surface area contributed by atoms with E-state index in [1.807, 2.05) is 5.38 Å². The van der Waals surface area contributed by atoms with Crippen molar-refractivity contribution in [3.05, 3.63) is 24.2 Å². The number of amides is 1. The standard InChI is InChI=1S/C11H13N3O2S2/c1-2-5-14-9(16)8(3-6-15)18-11(14)13-10-12-4-7-17-10/h2,4,7-8,15H,1,3,5-6H2/t8-/m0/s1. The molecule has 1 aliphatic heterocycles. The number of aliphatic hydroxyl groups is 1. The fraction of sp³-hybridized carbons (Fsp3) is 0.364. The Morgan fingerprint density at radius 3 is 3.11 bits per heavy atom. The van der Waals surface area contributed by atoms with Crippen LogP contribution in [0.3, 0.4) is 0 Å². The lowest BCUT2D eigenvalue weighted by molar-refractivity contribution is -0.126. The van der Waals surface area contributed by atoms with E-state index in [9.17, 15) is 4.79 Å². The highest BCUT2D eigenvalue weighted by molar-refractivity contribution is 8.15. The van der Waals surface area contributed by atoms with E-state index >= 15 is 0 Å². The minimum absolute atomic E-state index is 0.00410. The van der Waals surface area contributed by atoms with E-state index in [0.717, 1.165) is 0 Å². The van der Waals surface area contributed by atoms with Crippen molar-refractivity contribution >= 4 is 39.3 Å². The van der Waals surface area contributed by atoms with Gasteiger partial charge in [-0.25, -0.2) is 4.98 Å². The summed E-state index contributed by atoms with van der Waals surface area (Å²) >= 11 is 2.80. The monoisotopic (exact) mass is 283 g/mol. The lowest BCUT2D eigenvalue weighted by Gasteiger charge is -2.12. The van der Waals surface area contributed by atoms with Gasteiger partial charge in [0.15, 0.2) is 5.17 Å². The van der Waals surface area contributed by atoms with E-state index in [1.54, 1.807) is 17.2 Å². The van der Waals surface area contributed by atoms with E-state index in [1.165, 1.54) is 23.1 Å². The van der Waals surface area contributed by atoms with Crippen LogP contribution in [0.25, 0.3) is 0 Å². The van der Waals surface area contributed by atoms with Gasteiger partial charge in [0, 0.05) is 24.7 Å². The molecule has 0 bridgehead atoms. The predicted octanol–water partition coefficient (Wildman–Crippen LogP) is 1.64. The minimum atomic E-state index is -0.256.